The Morgan fingerprint density at radius 3 is 2.75 bits per heavy atom. The number of benzene rings is 1. The number of esters is 1. The molecule has 0 unspecified atom stereocenters. The number of nitrogens with one attached hydrogen (secondary N) is 1. The highest BCUT2D eigenvalue weighted by Gasteiger charge is 2.21. The second-order valence-electron chi connectivity index (χ2n) is 6.64. The average Bonchev–Trinajstić information content (AvgIpc) is 3.25. The minimum atomic E-state index is -0.563. The van der Waals surface area contributed by atoms with Crippen molar-refractivity contribution in [2.45, 2.75) is 38.7 Å². The van der Waals surface area contributed by atoms with Crippen molar-refractivity contribution in [3.8, 4) is 0 Å². The van der Waals surface area contributed by atoms with Gasteiger partial charge >= 0.3 is 5.97 Å². The number of H-pyrrole nitrogens is 1. The van der Waals surface area contributed by atoms with Gasteiger partial charge in [-0.25, -0.2) is 9.37 Å². The largest absolute Gasteiger partial charge is 0.458 e. The maximum Gasteiger partial charge on any atom is 0.306 e. The van der Waals surface area contributed by atoms with Crippen LogP contribution in [0.4, 0.5) is 4.39 Å². The van der Waals surface area contributed by atoms with Gasteiger partial charge in [0.2, 0.25) is 0 Å². The van der Waals surface area contributed by atoms with E-state index in [1.807, 2.05) is 0 Å². The first-order valence-electron chi connectivity index (χ1n) is 8.99. The number of Topliss-reactive ketones (excluding diaryl/α,β-unsaturated/α-hetero) is 1. The number of aromatic amines is 1. The number of carbonyl (C=O) groups is 2. The molecule has 144 valence electrons. The fourth-order valence-corrected chi connectivity index (χ4v) is 4.61. The van der Waals surface area contributed by atoms with Gasteiger partial charge in [0.25, 0.3) is 5.56 Å². The normalized spacial score (nSPS) is 12.9. The molecule has 1 aliphatic rings. The van der Waals surface area contributed by atoms with Crippen molar-refractivity contribution in [3.63, 3.8) is 0 Å². The second kappa shape index (κ2) is 7.63. The van der Waals surface area contributed by atoms with Crippen LogP contribution in [-0.4, -0.2) is 21.7 Å². The molecule has 8 heteroatoms. The minimum absolute atomic E-state index is 0.0366. The summed E-state index contributed by atoms with van der Waals surface area (Å²) in [5.41, 5.74) is 1.23. The predicted octanol–water partition coefficient (Wildman–Crippen LogP) is 3.32. The lowest BCUT2D eigenvalue weighted by molar-refractivity contribution is -0.145. The van der Waals surface area contributed by atoms with Gasteiger partial charge in [0, 0.05) is 16.9 Å². The SMILES string of the molecule is O=C(CCC(=O)c1ccc(F)cc1)OCc1nc2sc3c(c2c(=O)[nH]1)CCC3. The van der Waals surface area contributed by atoms with Crippen LogP contribution in [-0.2, 0) is 29.0 Å². The standard InChI is InChI=1S/C20H17FN2O4S/c21-12-6-4-11(5-7-12)14(24)8-9-17(25)27-10-16-22-19(26)18-13-2-1-3-15(13)28-20(18)23-16/h4-7H,1-3,8-10H2,(H,22,23,26). The number of fused-ring (bicyclic) bond motifs is 3. The van der Waals surface area contributed by atoms with Crippen LogP contribution in [0.25, 0.3) is 10.2 Å². The first-order valence-corrected chi connectivity index (χ1v) is 9.81. The number of hydrogen-bond acceptors (Lipinski definition) is 6. The molecule has 0 aliphatic heterocycles. The van der Waals surface area contributed by atoms with Crippen molar-refractivity contribution >= 4 is 33.3 Å². The van der Waals surface area contributed by atoms with E-state index < -0.39 is 11.8 Å². The van der Waals surface area contributed by atoms with Crippen molar-refractivity contribution in [3.05, 3.63) is 62.3 Å². The van der Waals surface area contributed by atoms with Gasteiger partial charge in [-0.05, 0) is 49.1 Å². The van der Waals surface area contributed by atoms with Crippen LogP contribution in [0, 0.1) is 5.82 Å². The van der Waals surface area contributed by atoms with Gasteiger partial charge in [-0.3, -0.25) is 14.4 Å². The molecule has 0 saturated carbocycles. The smallest absolute Gasteiger partial charge is 0.306 e. The lowest BCUT2D eigenvalue weighted by atomic mass is 10.1. The number of aromatic nitrogens is 2. The molecule has 0 amide bonds. The third-order valence-corrected chi connectivity index (χ3v) is 5.90. The number of halogens is 1. The first kappa shape index (κ1) is 18.5. The van der Waals surface area contributed by atoms with E-state index in [0.717, 1.165) is 24.8 Å². The molecule has 0 radical (unpaired) electrons. The lowest BCUT2D eigenvalue weighted by Gasteiger charge is -2.05. The van der Waals surface area contributed by atoms with Crippen LogP contribution in [0.5, 0.6) is 0 Å². The van der Waals surface area contributed by atoms with Crippen LogP contribution < -0.4 is 5.56 Å². The topological polar surface area (TPSA) is 89.1 Å². The third kappa shape index (κ3) is 3.73. The zero-order valence-corrected chi connectivity index (χ0v) is 15.7. The Morgan fingerprint density at radius 1 is 1.18 bits per heavy atom. The van der Waals surface area contributed by atoms with E-state index in [1.54, 1.807) is 0 Å². The van der Waals surface area contributed by atoms with Crippen molar-refractivity contribution in [1.29, 1.82) is 0 Å². The van der Waals surface area contributed by atoms with E-state index >= 15 is 0 Å². The Bertz CT molecular complexity index is 1120. The average molecular weight is 400 g/mol. The summed E-state index contributed by atoms with van der Waals surface area (Å²) < 4.78 is 18.0. The number of rotatable bonds is 6. The van der Waals surface area contributed by atoms with Crippen molar-refractivity contribution < 1.29 is 18.7 Å². The molecule has 1 N–H and O–H groups in total. The molecule has 0 bridgehead atoms. The highest BCUT2D eigenvalue weighted by molar-refractivity contribution is 7.18. The summed E-state index contributed by atoms with van der Waals surface area (Å²) in [6.07, 6.45) is 2.80. The summed E-state index contributed by atoms with van der Waals surface area (Å²) in [5.74, 6) is -0.967. The van der Waals surface area contributed by atoms with E-state index in [1.165, 1.54) is 40.5 Å². The Balaban J connectivity index is 1.35. The third-order valence-electron chi connectivity index (χ3n) is 4.72. The Labute approximate surface area is 163 Å². The zero-order valence-electron chi connectivity index (χ0n) is 14.9. The van der Waals surface area contributed by atoms with Crippen LogP contribution in [0.2, 0.25) is 0 Å². The Hall–Kier alpha value is -2.87. The molecule has 0 spiro atoms. The molecule has 1 aliphatic carbocycles. The number of hydrogen-bond donors (Lipinski definition) is 1. The van der Waals surface area contributed by atoms with Crippen LogP contribution >= 0.6 is 11.3 Å². The molecule has 0 fully saturated rings. The number of aryl methyl sites for hydroxylation is 2. The fourth-order valence-electron chi connectivity index (χ4n) is 3.33. The molecule has 1 aromatic carbocycles. The molecule has 2 heterocycles. The summed E-state index contributed by atoms with van der Waals surface area (Å²) in [6, 6.07) is 5.16. The summed E-state index contributed by atoms with van der Waals surface area (Å²) in [6.45, 7) is -0.155. The highest BCUT2D eigenvalue weighted by Crippen LogP contribution is 2.34. The molecule has 3 aromatic rings. The lowest BCUT2D eigenvalue weighted by Crippen LogP contribution is -2.15. The summed E-state index contributed by atoms with van der Waals surface area (Å²) in [4.78, 5) is 45.2. The maximum absolute atomic E-state index is 12.9. The van der Waals surface area contributed by atoms with E-state index in [-0.39, 0.29) is 36.6 Å². The van der Waals surface area contributed by atoms with Crippen molar-refractivity contribution in [2.24, 2.45) is 0 Å². The van der Waals surface area contributed by atoms with E-state index in [2.05, 4.69) is 9.97 Å². The molecule has 0 saturated heterocycles. The van der Waals surface area contributed by atoms with E-state index in [0.29, 0.717) is 15.8 Å². The fraction of sp³-hybridized carbons (Fsp3) is 0.300. The number of carbonyl (C=O) groups excluding carboxylic acids is 2. The van der Waals surface area contributed by atoms with Gasteiger partial charge in [-0.2, -0.15) is 0 Å². The zero-order chi connectivity index (χ0) is 19.7. The monoisotopic (exact) mass is 400 g/mol. The predicted molar refractivity (Wildman–Crippen MR) is 102 cm³/mol. The van der Waals surface area contributed by atoms with Crippen molar-refractivity contribution in [1.82, 2.24) is 9.97 Å². The number of ether oxygens (including phenoxy) is 1. The van der Waals surface area contributed by atoms with Gasteiger partial charge in [-0.1, -0.05) is 0 Å². The summed E-state index contributed by atoms with van der Waals surface area (Å²) in [7, 11) is 0. The molecule has 4 rings (SSSR count). The van der Waals surface area contributed by atoms with Crippen molar-refractivity contribution in [2.75, 3.05) is 0 Å². The van der Waals surface area contributed by atoms with Crippen LogP contribution in [0.1, 0.15) is 45.9 Å². The van der Waals surface area contributed by atoms with Crippen LogP contribution in [0.15, 0.2) is 29.1 Å². The second-order valence-corrected chi connectivity index (χ2v) is 7.72. The van der Waals surface area contributed by atoms with Gasteiger partial charge in [0.1, 0.15) is 23.1 Å². The molecular weight excluding hydrogens is 383 g/mol. The summed E-state index contributed by atoms with van der Waals surface area (Å²) in [5, 5.41) is 0.650. The highest BCUT2D eigenvalue weighted by atomic mass is 32.1. The summed E-state index contributed by atoms with van der Waals surface area (Å²) >= 11 is 1.52. The number of ketones is 1. The quantitative estimate of drug-likeness (QED) is 0.506. The number of nitrogens with zero attached hydrogens (tertiary/aromatic N) is 1. The van der Waals surface area contributed by atoms with E-state index in [4.69, 9.17) is 4.74 Å². The van der Waals surface area contributed by atoms with Gasteiger partial charge in [-0.15, -0.1) is 11.3 Å². The van der Waals surface area contributed by atoms with Gasteiger partial charge < -0.3 is 9.72 Å². The molecule has 2 aromatic heterocycles. The van der Waals surface area contributed by atoms with E-state index in [9.17, 15) is 18.8 Å². The maximum atomic E-state index is 12.9. The van der Waals surface area contributed by atoms with Gasteiger partial charge in [0.05, 0.1) is 11.8 Å². The van der Waals surface area contributed by atoms with Crippen LogP contribution in [0.3, 0.4) is 0 Å². The number of thiophene rings is 1. The molecule has 6 nitrogen and oxygen atoms in total. The first-order chi connectivity index (χ1) is 13.5. The Kier molecular flexibility index (Phi) is 5.04. The molecule has 28 heavy (non-hydrogen) atoms. The molecule has 0 atom stereocenters. The molecular formula is C20H17FN2O4S. The Morgan fingerprint density at radius 2 is 1.96 bits per heavy atom. The van der Waals surface area contributed by atoms with Gasteiger partial charge in [0.15, 0.2) is 5.78 Å². The minimum Gasteiger partial charge on any atom is -0.458 e.